The van der Waals surface area contributed by atoms with E-state index in [4.69, 9.17) is 24.3 Å². The van der Waals surface area contributed by atoms with Gasteiger partial charge in [0.25, 0.3) is 0 Å². The van der Waals surface area contributed by atoms with Crippen molar-refractivity contribution in [3.05, 3.63) is 72.9 Å². The highest BCUT2D eigenvalue weighted by Gasteiger charge is 2.26. The van der Waals surface area contributed by atoms with E-state index in [2.05, 4.69) is 86.8 Å². The molecule has 0 saturated carbocycles. The molecule has 2 atom stereocenters. The van der Waals surface area contributed by atoms with Crippen molar-refractivity contribution in [2.75, 3.05) is 26.4 Å². The topological polar surface area (TPSA) is 134 Å². The molecule has 0 radical (unpaired) electrons. The van der Waals surface area contributed by atoms with E-state index in [1.54, 1.807) is 0 Å². The zero-order chi connectivity index (χ0) is 63.0. The van der Waals surface area contributed by atoms with Crippen LogP contribution in [0.4, 0.5) is 0 Å². The maximum absolute atomic E-state index is 12.8. The van der Waals surface area contributed by atoms with E-state index in [9.17, 15) is 19.0 Å². The number of ether oxygens (including phenoxy) is 2. The summed E-state index contributed by atoms with van der Waals surface area (Å²) in [5.74, 6) is -0.807. The number of unbranched alkanes of at least 4 members (excludes halogenated alkanes) is 46. The molecule has 0 aliphatic rings. The first-order chi connectivity index (χ1) is 42.8. The van der Waals surface area contributed by atoms with Crippen molar-refractivity contribution in [3.8, 4) is 0 Å². The van der Waals surface area contributed by atoms with Crippen LogP contribution in [0.1, 0.15) is 373 Å². The number of allylic oxidation sites excluding steroid dienone is 12. The van der Waals surface area contributed by atoms with Crippen molar-refractivity contribution in [1.29, 1.82) is 0 Å². The molecule has 2 unspecified atom stereocenters. The van der Waals surface area contributed by atoms with Gasteiger partial charge < -0.3 is 20.1 Å². The summed E-state index contributed by atoms with van der Waals surface area (Å²) in [5.41, 5.74) is 5.41. The highest BCUT2D eigenvalue weighted by molar-refractivity contribution is 7.47. The van der Waals surface area contributed by atoms with Crippen molar-refractivity contribution >= 4 is 19.8 Å². The fourth-order valence-corrected chi connectivity index (χ4v) is 11.9. The van der Waals surface area contributed by atoms with Crippen molar-refractivity contribution in [2.45, 2.75) is 380 Å². The fourth-order valence-electron chi connectivity index (χ4n) is 11.1. The average molecular weight is 1240 g/mol. The lowest BCUT2D eigenvalue weighted by atomic mass is 10.0. The highest BCUT2D eigenvalue weighted by atomic mass is 31.2. The average Bonchev–Trinajstić information content (AvgIpc) is 3.65. The van der Waals surface area contributed by atoms with Crippen molar-refractivity contribution in [1.82, 2.24) is 0 Å². The van der Waals surface area contributed by atoms with Gasteiger partial charge in [-0.15, -0.1) is 0 Å². The zero-order valence-corrected chi connectivity index (χ0v) is 58.2. The summed E-state index contributed by atoms with van der Waals surface area (Å²) in [5, 5.41) is 0. The number of phosphoric acid groups is 1. The molecule has 0 aromatic rings. The largest absolute Gasteiger partial charge is 0.472 e. The molecule has 0 aliphatic heterocycles. The number of rotatable bonds is 71. The van der Waals surface area contributed by atoms with Gasteiger partial charge in [0.05, 0.1) is 13.2 Å². The number of carbonyl (C=O) groups excluding carboxylic acids is 2. The van der Waals surface area contributed by atoms with Crippen LogP contribution in [-0.4, -0.2) is 49.3 Å². The van der Waals surface area contributed by atoms with Gasteiger partial charge in [0, 0.05) is 19.4 Å². The number of esters is 2. The summed E-state index contributed by atoms with van der Waals surface area (Å²) in [6.45, 7) is 3.70. The molecule has 3 N–H and O–H groups in total. The monoisotopic (exact) mass is 1240 g/mol. The van der Waals surface area contributed by atoms with Gasteiger partial charge in [-0.1, -0.05) is 369 Å². The molecular formula is C77H142NO8P. The second-order valence-electron chi connectivity index (χ2n) is 25.1. The molecule has 10 heteroatoms. The zero-order valence-electron chi connectivity index (χ0n) is 57.3. The molecule has 0 fully saturated rings. The Kier molecular flexibility index (Phi) is 70.4. The minimum absolute atomic E-state index is 0.0546. The molecule has 0 spiro atoms. The van der Waals surface area contributed by atoms with Crippen LogP contribution in [0.2, 0.25) is 0 Å². The van der Waals surface area contributed by atoms with Crippen LogP contribution in [0.5, 0.6) is 0 Å². The summed E-state index contributed by atoms with van der Waals surface area (Å²) in [6.07, 6.45) is 95.9. The van der Waals surface area contributed by atoms with Crippen LogP contribution < -0.4 is 5.73 Å². The first-order valence-electron chi connectivity index (χ1n) is 37.4. The number of nitrogens with two attached hydrogens (primary N) is 1. The summed E-state index contributed by atoms with van der Waals surface area (Å²) in [4.78, 5) is 35.4. The molecule has 0 bridgehead atoms. The molecular weight excluding hydrogens is 1100 g/mol. The van der Waals surface area contributed by atoms with Crippen LogP contribution in [0.25, 0.3) is 0 Å². The van der Waals surface area contributed by atoms with Crippen LogP contribution in [0.3, 0.4) is 0 Å². The predicted octanol–water partition coefficient (Wildman–Crippen LogP) is 24.8. The van der Waals surface area contributed by atoms with Gasteiger partial charge in [-0.2, -0.15) is 0 Å². The summed E-state index contributed by atoms with van der Waals surface area (Å²) >= 11 is 0. The standard InChI is InChI=1S/C77H142NO8P/c1-3-5-7-9-11-13-15-17-19-21-23-25-27-29-31-33-34-35-36-37-38-39-40-42-44-46-48-50-52-54-56-58-60-62-64-66-68-70-77(80)86-75(74-85-87(81,82)84-72-71-78)73-83-76(79)69-67-65-63-61-59-57-55-53-51-49-47-45-43-41-32-30-28-26-24-22-20-18-16-14-12-10-8-6-4-2/h5,7,11,13,17,19,23,25,29,31,34-35,75H,3-4,6,8-10,12,14-16,18,20-22,24,26-28,30,32-33,36-74,78H2,1-2H3,(H,81,82)/b7-5-,13-11-,19-17-,25-23-,31-29-,35-34-. The van der Waals surface area contributed by atoms with Crippen LogP contribution in [-0.2, 0) is 32.7 Å². The Morgan fingerprint density at radius 3 is 0.943 bits per heavy atom. The lowest BCUT2D eigenvalue weighted by Gasteiger charge is -2.19. The van der Waals surface area contributed by atoms with Gasteiger partial charge >= 0.3 is 19.8 Å². The van der Waals surface area contributed by atoms with E-state index in [0.717, 1.165) is 77.0 Å². The predicted molar refractivity (Wildman–Crippen MR) is 376 cm³/mol. The maximum Gasteiger partial charge on any atom is 0.472 e. The van der Waals surface area contributed by atoms with Crippen molar-refractivity contribution < 1.29 is 37.6 Å². The minimum atomic E-state index is -4.39. The summed E-state index contributed by atoms with van der Waals surface area (Å²) in [6, 6.07) is 0. The molecule has 0 aromatic carbocycles. The second kappa shape index (κ2) is 72.5. The van der Waals surface area contributed by atoms with Gasteiger partial charge in [0.1, 0.15) is 6.61 Å². The molecule has 0 amide bonds. The van der Waals surface area contributed by atoms with Crippen LogP contribution in [0, 0.1) is 0 Å². The Labute approximate surface area is 539 Å². The normalized spacial score (nSPS) is 13.3. The first kappa shape index (κ1) is 84.5. The van der Waals surface area contributed by atoms with E-state index in [1.165, 1.54) is 263 Å². The Morgan fingerprint density at radius 1 is 0.356 bits per heavy atom. The van der Waals surface area contributed by atoms with E-state index in [-0.39, 0.29) is 38.6 Å². The minimum Gasteiger partial charge on any atom is -0.462 e. The summed E-state index contributed by atoms with van der Waals surface area (Å²) in [7, 11) is -4.39. The van der Waals surface area contributed by atoms with Crippen molar-refractivity contribution in [3.63, 3.8) is 0 Å². The van der Waals surface area contributed by atoms with Gasteiger partial charge in [-0.3, -0.25) is 18.6 Å². The Morgan fingerprint density at radius 2 is 0.632 bits per heavy atom. The molecule has 9 nitrogen and oxygen atoms in total. The quantitative estimate of drug-likeness (QED) is 0.0264. The van der Waals surface area contributed by atoms with Gasteiger partial charge in [0.15, 0.2) is 6.10 Å². The lowest BCUT2D eigenvalue weighted by Crippen LogP contribution is -2.29. The third-order valence-electron chi connectivity index (χ3n) is 16.6. The molecule has 508 valence electrons. The van der Waals surface area contributed by atoms with Gasteiger partial charge in [0.2, 0.25) is 0 Å². The van der Waals surface area contributed by atoms with Gasteiger partial charge in [-0.05, 0) is 64.2 Å². The molecule has 87 heavy (non-hydrogen) atoms. The van der Waals surface area contributed by atoms with E-state index >= 15 is 0 Å². The first-order valence-corrected chi connectivity index (χ1v) is 38.9. The lowest BCUT2D eigenvalue weighted by molar-refractivity contribution is -0.161. The Bertz CT molecular complexity index is 1660. The fraction of sp³-hybridized carbons (Fsp3) is 0.818. The summed E-state index contributed by atoms with van der Waals surface area (Å²) < 4.78 is 33.2. The molecule has 0 heterocycles. The molecule has 0 aliphatic carbocycles. The molecule has 0 saturated heterocycles. The Hall–Kier alpha value is -2.55. The van der Waals surface area contributed by atoms with E-state index < -0.39 is 26.5 Å². The number of hydrogen-bond donors (Lipinski definition) is 2. The Balaban J connectivity index is 3.81. The number of phosphoric ester groups is 1. The molecule has 0 rings (SSSR count). The highest BCUT2D eigenvalue weighted by Crippen LogP contribution is 2.43. The second-order valence-corrected chi connectivity index (χ2v) is 26.6. The molecule has 0 aromatic heterocycles. The van der Waals surface area contributed by atoms with Crippen LogP contribution in [0.15, 0.2) is 72.9 Å². The smallest absolute Gasteiger partial charge is 0.462 e. The third kappa shape index (κ3) is 72.4. The van der Waals surface area contributed by atoms with E-state index in [0.29, 0.717) is 6.42 Å². The number of hydrogen-bond acceptors (Lipinski definition) is 8. The van der Waals surface area contributed by atoms with E-state index in [1.807, 2.05) is 0 Å². The van der Waals surface area contributed by atoms with Gasteiger partial charge in [-0.25, -0.2) is 4.57 Å². The SMILES string of the molecule is CC/C=C\C/C=C\C/C=C\C/C=C\C/C=C\C/C=C\CCCCCCCCCCCCCCCCCCCCC(=O)OC(COC(=O)CCCCCCCCCCCCCCCCCCCCCCCCCCCCCCC)COP(=O)(O)OCCN. The number of carbonyl (C=O) groups is 2. The third-order valence-corrected chi connectivity index (χ3v) is 17.6. The maximum atomic E-state index is 12.8. The van der Waals surface area contributed by atoms with Crippen LogP contribution >= 0.6 is 7.82 Å². The van der Waals surface area contributed by atoms with Crippen molar-refractivity contribution in [2.24, 2.45) is 5.73 Å².